The minimum Gasteiger partial charge on any atom is -0.497 e. The smallest absolute Gasteiger partial charge is 0.307 e. The summed E-state index contributed by atoms with van der Waals surface area (Å²) in [4.78, 5) is 18.7. The Morgan fingerprint density at radius 2 is 1.59 bits per heavy atom. The van der Waals surface area contributed by atoms with Crippen molar-refractivity contribution >= 4 is 14.3 Å². The number of ether oxygens (including phenoxy) is 4. The number of benzene rings is 1. The lowest BCUT2D eigenvalue weighted by Crippen LogP contribution is -2.41. The largest absolute Gasteiger partial charge is 0.497 e. The number of rotatable bonds is 16. The molecule has 1 heterocycles. The molecule has 2 rings (SSSR count). The van der Waals surface area contributed by atoms with E-state index in [1.54, 1.807) is 21.3 Å². The third-order valence-electron chi connectivity index (χ3n) is 8.43. The molecule has 248 valence electrons. The van der Waals surface area contributed by atoms with Crippen LogP contribution in [-0.4, -0.2) is 52.8 Å². The second-order valence-corrected chi connectivity index (χ2v) is 19.3. The van der Waals surface area contributed by atoms with Gasteiger partial charge in [0.05, 0.1) is 19.2 Å². The first kappa shape index (κ1) is 37.9. The molecule has 0 aliphatic heterocycles. The maximum atomic E-state index is 13.5. The highest BCUT2D eigenvalue weighted by Gasteiger charge is 2.37. The highest BCUT2D eigenvalue weighted by molar-refractivity contribution is 6.74. The number of hydrogen-bond acceptors (Lipinski definition) is 7. The number of aromatic nitrogens is 1. The Kier molecular flexibility index (Phi) is 14.1. The van der Waals surface area contributed by atoms with Gasteiger partial charge in [0, 0.05) is 38.0 Å². The molecule has 0 aliphatic rings. The summed E-state index contributed by atoms with van der Waals surface area (Å²) in [5.41, 5.74) is 4.07. The van der Waals surface area contributed by atoms with Gasteiger partial charge in [-0.05, 0) is 93.4 Å². The molecule has 0 N–H and O–H groups in total. The number of aryl methyl sites for hydroxylation is 1. The number of carbonyl (C=O) groups is 1. The summed E-state index contributed by atoms with van der Waals surface area (Å²) in [6.45, 7) is 22.1. The first-order valence-electron chi connectivity index (χ1n) is 16.0. The van der Waals surface area contributed by atoms with Crippen molar-refractivity contribution in [2.24, 2.45) is 5.92 Å². The summed E-state index contributed by atoms with van der Waals surface area (Å²) in [7, 11) is 3.01. The highest BCUT2D eigenvalue weighted by Crippen LogP contribution is 2.39. The molecule has 0 radical (unpaired) electrons. The quantitative estimate of drug-likeness (QED) is 0.104. The number of carbonyl (C=O) groups excluding carboxylic acids is 1. The molecular formula is C36H59NO6Si. The zero-order valence-electron chi connectivity index (χ0n) is 29.8. The van der Waals surface area contributed by atoms with Crippen LogP contribution < -0.4 is 4.74 Å². The number of unbranched alkanes of at least 4 members (excludes halogenated alkanes) is 1. The highest BCUT2D eigenvalue weighted by atomic mass is 28.4. The predicted octanol–water partition coefficient (Wildman–Crippen LogP) is 8.79. The number of nitrogens with zero attached hydrogens (tertiary/aromatic N) is 1. The minimum absolute atomic E-state index is 0.128. The second-order valence-electron chi connectivity index (χ2n) is 14.5. The molecule has 1 aromatic carbocycles. The van der Waals surface area contributed by atoms with Crippen molar-refractivity contribution in [3.8, 4) is 5.75 Å². The average molecular weight is 630 g/mol. The van der Waals surface area contributed by atoms with Gasteiger partial charge in [0.2, 0.25) is 0 Å². The molecule has 0 aliphatic carbocycles. The summed E-state index contributed by atoms with van der Waals surface area (Å²) in [5, 5.41) is 0.135. The van der Waals surface area contributed by atoms with Gasteiger partial charge < -0.3 is 23.4 Å². The topological polar surface area (TPSA) is 76.1 Å². The zero-order valence-corrected chi connectivity index (χ0v) is 30.8. The van der Waals surface area contributed by atoms with Gasteiger partial charge in [0.15, 0.2) is 14.6 Å². The van der Waals surface area contributed by atoms with Gasteiger partial charge >= 0.3 is 5.97 Å². The van der Waals surface area contributed by atoms with E-state index in [9.17, 15) is 4.79 Å². The number of pyridine rings is 1. The van der Waals surface area contributed by atoms with Gasteiger partial charge in [-0.2, -0.15) is 0 Å². The Hall–Kier alpha value is -2.26. The molecule has 8 heteroatoms. The van der Waals surface area contributed by atoms with Crippen molar-refractivity contribution in [1.29, 1.82) is 0 Å². The molecular weight excluding hydrogens is 570 g/mol. The van der Waals surface area contributed by atoms with E-state index in [0.29, 0.717) is 6.61 Å². The van der Waals surface area contributed by atoms with Crippen molar-refractivity contribution < 1.29 is 28.2 Å². The first-order valence-corrected chi connectivity index (χ1v) is 18.9. The summed E-state index contributed by atoms with van der Waals surface area (Å²) >= 11 is 0. The molecule has 0 saturated carbocycles. The predicted molar refractivity (Wildman–Crippen MR) is 181 cm³/mol. The summed E-state index contributed by atoms with van der Waals surface area (Å²) in [5.74, 6) is 0.348. The lowest BCUT2D eigenvalue weighted by atomic mass is 9.83. The molecule has 0 amide bonds. The number of methoxy groups -OCH3 is 3. The van der Waals surface area contributed by atoms with E-state index in [-0.39, 0.29) is 29.3 Å². The number of esters is 1. The lowest BCUT2D eigenvalue weighted by molar-refractivity contribution is -0.155. The van der Waals surface area contributed by atoms with Crippen molar-refractivity contribution in [1.82, 2.24) is 4.98 Å². The molecule has 44 heavy (non-hydrogen) atoms. The maximum Gasteiger partial charge on any atom is 0.307 e. The fourth-order valence-corrected chi connectivity index (χ4v) is 6.12. The van der Waals surface area contributed by atoms with Crippen LogP contribution in [0.3, 0.4) is 0 Å². The van der Waals surface area contributed by atoms with E-state index in [4.69, 9.17) is 28.4 Å². The van der Waals surface area contributed by atoms with Gasteiger partial charge in [0.1, 0.15) is 11.4 Å². The van der Waals surface area contributed by atoms with Crippen LogP contribution in [0.15, 0.2) is 30.3 Å². The van der Waals surface area contributed by atoms with Crippen LogP contribution in [0.1, 0.15) is 115 Å². The fourth-order valence-electron chi connectivity index (χ4n) is 4.98. The Morgan fingerprint density at radius 3 is 2.14 bits per heavy atom. The minimum atomic E-state index is -1.91. The van der Waals surface area contributed by atoms with Gasteiger partial charge in [-0.15, -0.1) is 0 Å². The first-order chi connectivity index (χ1) is 20.5. The third kappa shape index (κ3) is 11.0. The van der Waals surface area contributed by atoms with Crippen LogP contribution in [0.2, 0.25) is 18.1 Å². The Bertz CT molecular complexity index is 1200. The summed E-state index contributed by atoms with van der Waals surface area (Å²) < 4.78 is 29.6. The molecule has 0 fully saturated rings. The van der Waals surface area contributed by atoms with Crippen LogP contribution in [0, 0.1) is 5.92 Å². The molecule has 0 saturated heterocycles. The molecule has 0 spiro atoms. The van der Waals surface area contributed by atoms with E-state index in [0.717, 1.165) is 59.5 Å². The van der Waals surface area contributed by atoms with Crippen molar-refractivity contribution in [2.75, 3.05) is 27.9 Å². The van der Waals surface area contributed by atoms with Crippen LogP contribution >= 0.6 is 0 Å². The average Bonchev–Trinajstić information content (AvgIpc) is 2.93. The van der Waals surface area contributed by atoms with E-state index in [1.807, 2.05) is 39.0 Å². The van der Waals surface area contributed by atoms with E-state index < -0.39 is 20.2 Å². The standard InChI is InChI=1S/C36H59NO6Si/c1-14-15-16-27-17-19-30(34(40-10)41-11)33(37-27)31(23-32(38)43-35(3,4)5)29-20-18-28(39-9)22-26(29)21-25(2)24-42-44(12,13)36(6,7)8/h17-20,22,25,31,34H,14-16,21,23-24H2,1-13H3/t25-,31+/m0/s1. The Morgan fingerprint density at radius 1 is 0.955 bits per heavy atom. The lowest BCUT2D eigenvalue weighted by Gasteiger charge is -2.37. The molecule has 0 bridgehead atoms. The van der Waals surface area contributed by atoms with Crippen molar-refractivity contribution in [3.05, 3.63) is 58.4 Å². The maximum absolute atomic E-state index is 13.5. The van der Waals surface area contributed by atoms with E-state index in [2.05, 4.69) is 59.8 Å². The van der Waals surface area contributed by atoms with Crippen LogP contribution in [0.5, 0.6) is 5.75 Å². The Labute approximate surface area is 268 Å². The molecule has 1 aromatic heterocycles. The molecule has 2 atom stereocenters. The zero-order chi connectivity index (χ0) is 33.3. The molecule has 7 nitrogen and oxygen atoms in total. The summed E-state index contributed by atoms with van der Waals surface area (Å²) in [6.07, 6.45) is 3.20. The van der Waals surface area contributed by atoms with Gasteiger partial charge in [-0.3, -0.25) is 9.78 Å². The van der Waals surface area contributed by atoms with E-state index in [1.165, 1.54) is 0 Å². The van der Waals surface area contributed by atoms with Crippen LogP contribution in [0.25, 0.3) is 0 Å². The van der Waals surface area contributed by atoms with Crippen LogP contribution in [-0.2, 0) is 36.3 Å². The van der Waals surface area contributed by atoms with Gasteiger partial charge in [0.25, 0.3) is 0 Å². The van der Waals surface area contributed by atoms with Crippen molar-refractivity contribution in [3.63, 3.8) is 0 Å². The molecule has 2 aromatic rings. The van der Waals surface area contributed by atoms with Crippen molar-refractivity contribution in [2.45, 2.75) is 123 Å². The fraction of sp³-hybridized carbons (Fsp3) is 0.667. The normalized spacial score (nSPS) is 14.0. The monoisotopic (exact) mass is 629 g/mol. The Balaban J connectivity index is 2.70. The van der Waals surface area contributed by atoms with E-state index >= 15 is 0 Å². The number of hydrogen-bond donors (Lipinski definition) is 0. The third-order valence-corrected chi connectivity index (χ3v) is 12.9. The summed E-state index contributed by atoms with van der Waals surface area (Å²) in [6, 6.07) is 10.2. The van der Waals surface area contributed by atoms with Crippen LogP contribution in [0.4, 0.5) is 0 Å². The molecule has 0 unspecified atom stereocenters. The SMILES string of the molecule is CCCCc1ccc(C(OC)OC)c([C@H](CC(=O)OC(C)(C)C)c2ccc(OC)cc2C[C@H](C)CO[Si](C)(C)C(C)(C)C)n1. The second kappa shape index (κ2) is 16.3. The van der Waals surface area contributed by atoms with Gasteiger partial charge in [-0.25, -0.2) is 0 Å². The van der Waals surface area contributed by atoms with Gasteiger partial charge in [-0.1, -0.05) is 53.2 Å².